The van der Waals surface area contributed by atoms with Gasteiger partial charge in [0, 0.05) is 49.1 Å². The molecule has 0 atom stereocenters. The largest absolute Gasteiger partial charge is 0.309 e. The zero-order valence-corrected chi connectivity index (χ0v) is 34.4. The average molecular weight is 794 g/mol. The van der Waals surface area contributed by atoms with Gasteiger partial charge in [-0.3, -0.25) is 0 Å². The van der Waals surface area contributed by atoms with Gasteiger partial charge in [-0.1, -0.05) is 103 Å². The van der Waals surface area contributed by atoms with Crippen LogP contribution in [0.3, 0.4) is 0 Å². The zero-order valence-electron chi connectivity index (χ0n) is 34.4. The molecule has 0 unspecified atom stereocenters. The Morgan fingerprint density at radius 3 is 1.65 bits per heavy atom. The second-order valence-corrected chi connectivity index (χ2v) is 19.2. The van der Waals surface area contributed by atoms with E-state index in [9.17, 15) is 0 Å². The molecule has 3 nitrogen and oxygen atoms in total. The molecule has 4 fully saturated rings. The third kappa shape index (κ3) is 4.38. The highest BCUT2D eigenvalue weighted by atomic mass is 15.0. The Kier molecular flexibility index (Phi) is 6.58. The molecule has 16 rings (SSSR count). The molecule has 3 heteroatoms. The van der Waals surface area contributed by atoms with Crippen LogP contribution in [-0.2, 0) is 5.41 Å². The number of pyridine rings is 1. The number of hydrogen-bond acceptors (Lipinski definition) is 1. The highest BCUT2D eigenvalue weighted by Gasteiger charge is 2.61. The van der Waals surface area contributed by atoms with Crippen LogP contribution in [0.1, 0.15) is 43.2 Å². The second-order valence-electron chi connectivity index (χ2n) is 19.2. The molecule has 0 saturated heterocycles. The van der Waals surface area contributed by atoms with Crippen LogP contribution in [0.4, 0.5) is 0 Å². The van der Waals surface area contributed by atoms with Crippen LogP contribution in [-0.4, -0.2) is 14.1 Å². The Labute approximate surface area is 359 Å². The topological polar surface area (TPSA) is 22.8 Å². The van der Waals surface area contributed by atoms with E-state index in [1.54, 1.807) is 11.1 Å². The van der Waals surface area contributed by atoms with E-state index in [0.29, 0.717) is 0 Å². The summed E-state index contributed by atoms with van der Waals surface area (Å²) in [5.74, 6) is 3.34. The normalized spacial score (nSPS) is 22.3. The number of fused-ring (bicyclic) bond motifs is 11. The summed E-state index contributed by atoms with van der Waals surface area (Å²) in [4.78, 5) is 5.07. The Morgan fingerprint density at radius 2 is 0.935 bits per heavy atom. The highest BCUT2D eigenvalue weighted by Crippen LogP contribution is 2.69. The van der Waals surface area contributed by atoms with Gasteiger partial charge in [0.25, 0.3) is 0 Å². The molecular formula is C59H43N3. The standard InChI is InChI=1S/C59H43N3/c1-6-14-53-39(9-1)30-40-17-20-44(34-54(40)60-53)62-56-16-8-4-12-48(56)50-32-38(19-24-58(50)62)37-18-23-57-49(31-37)47-11-3-7-15-55(47)61(57)43-21-22-46-45-10-2-5-13-51(45)59(52(46)33-43)41-26-35-25-36(28-41)29-42(59)27-35/h1-24,30-36,41-42H,25-29H2. The van der Waals surface area contributed by atoms with Crippen LogP contribution in [0.15, 0.2) is 176 Å². The minimum Gasteiger partial charge on any atom is -0.309 e. The van der Waals surface area contributed by atoms with Crippen molar-refractivity contribution in [2.75, 3.05) is 0 Å². The summed E-state index contributed by atoms with van der Waals surface area (Å²) in [5.41, 5.74) is 18.2. The van der Waals surface area contributed by atoms with E-state index >= 15 is 0 Å². The maximum absolute atomic E-state index is 5.07. The summed E-state index contributed by atoms with van der Waals surface area (Å²) in [7, 11) is 0. The van der Waals surface area contributed by atoms with Gasteiger partial charge in [0.15, 0.2) is 0 Å². The van der Waals surface area contributed by atoms with Gasteiger partial charge in [0.2, 0.25) is 0 Å². The van der Waals surface area contributed by atoms with Gasteiger partial charge < -0.3 is 9.13 Å². The molecule has 0 aliphatic heterocycles. The smallest absolute Gasteiger partial charge is 0.0730 e. The molecule has 4 saturated carbocycles. The van der Waals surface area contributed by atoms with Gasteiger partial charge in [0.05, 0.1) is 33.1 Å². The Bertz CT molecular complexity index is 3700. The van der Waals surface area contributed by atoms with Gasteiger partial charge in [-0.05, 0) is 162 Å². The lowest BCUT2D eigenvalue weighted by atomic mass is 9.43. The van der Waals surface area contributed by atoms with Crippen molar-refractivity contribution in [1.29, 1.82) is 0 Å². The molecule has 294 valence electrons. The van der Waals surface area contributed by atoms with Crippen LogP contribution in [0.5, 0.6) is 0 Å². The molecule has 11 aromatic rings. The summed E-state index contributed by atoms with van der Waals surface area (Å²) in [6, 6.07) is 66.4. The van der Waals surface area contributed by atoms with E-state index < -0.39 is 0 Å². The summed E-state index contributed by atoms with van der Waals surface area (Å²) in [6.07, 6.45) is 7.06. The van der Waals surface area contributed by atoms with Gasteiger partial charge in [-0.2, -0.15) is 0 Å². The lowest BCUT2D eigenvalue weighted by Crippen LogP contribution is -2.55. The molecule has 1 spiro atoms. The third-order valence-corrected chi connectivity index (χ3v) is 16.2. The van der Waals surface area contributed by atoms with Crippen molar-refractivity contribution in [3.05, 3.63) is 187 Å². The minimum atomic E-state index is 0.142. The maximum atomic E-state index is 5.07. The number of nitrogens with zero attached hydrogens (tertiary/aromatic N) is 3. The summed E-state index contributed by atoms with van der Waals surface area (Å²) in [6.45, 7) is 0. The van der Waals surface area contributed by atoms with E-state index in [4.69, 9.17) is 4.98 Å². The van der Waals surface area contributed by atoms with Crippen molar-refractivity contribution in [2.45, 2.75) is 37.5 Å². The first-order valence-electron chi connectivity index (χ1n) is 22.8. The molecule has 0 N–H and O–H groups in total. The Balaban J connectivity index is 0.876. The van der Waals surface area contributed by atoms with E-state index in [-0.39, 0.29) is 5.41 Å². The molecular weight excluding hydrogens is 751 g/mol. The maximum Gasteiger partial charge on any atom is 0.0730 e. The number of aromatic nitrogens is 3. The molecule has 5 aliphatic rings. The first-order valence-corrected chi connectivity index (χ1v) is 22.8. The van der Waals surface area contributed by atoms with Crippen LogP contribution < -0.4 is 0 Å². The van der Waals surface area contributed by atoms with Crippen molar-refractivity contribution >= 4 is 65.4 Å². The van der Waals surface area contributed by atoms with E-state index in [1.807, 2.05) is 0 Å². The number of para-hydroxylation sites is 3. The lowest BCUT2D eigenvalue weighted by Gasteiger charge is -2.61. The minimum absolute atomic E-state index is 0.142. The van der Waals surface area contributed by atoms with Gasteiger partial charge >= 0.3 is 0 Å². The average Bonchev–Trinajstić information content (AvgIpc) is 3.93. The molecule has 0 amide bonds. The van der Waals surface area contributed by atoms with Crippen molar-refractivity contribution < 1.29 is 0 Å². The van der Waals surface area contributed by atoms with Gasteiger partial charge in [-0.15, -0.1) is 0 Å². The second kappa shape index (κ2) is 12.1. The Hall–Kier alpha value is -6.97. The summed E-state index contributed by atoms with van der Waals surface area (Å²) < 4.78 is 4.96. The van der Waals surface area contributed by atoms with Crippen LogP contribution in [0.2, 0.25) is 0 Å². The molecule has 62 heavy (non-hydrogen) atoms. The molecule has 0 radical (unpaired) electrons. The van der Waals surface area contributed by atoms with Crippen LogP contribution in [0.25, 0.3) is 99.0 Å². The SMILES string of the molecule is c1ccc2c(c1)-c1ccc(-n3c4ccccc4c4cc(-c5ccc6c(c5)c5ccccc5n6-c5ccc6cc7ccccc7nc6c5)ccc43)cc1C21C2CC3CC(C2)CC1C3. The quantitative estimate of drug-likeness (QED) is 0.163. The van der Waals surface area contributed by atoms with E-state index in [2.05, 4.69) is 185 Å². The fourth-order valence-corrected chi connectivity index (χ4v) is 14.0. The fourth-order valence-electron chi connectivity index (χ4n) is 14.0. The zero-order chi connectivity index (χ0) is 40.3. The number of benzene rings is 8. The Morgan fingerprint density at radius 1 is 0.387 bits per heavy atom. The summed E-state index contributed by atoms with van der Waals surface area (Å²) >= 11 is 0. The van der Waals surface area contributed by atoms with E-state index in [0.717, 1.165) is 45.8 Å². The predicted molar refractivity (Wildman–Crippen MR) is 257 cm³/mol. The number of hydrogen-bond donors (Lipinski definition) is 0. The predicted octanol–water partition coefficient (Wildman–Crippen LogP) is 15.0. The van der Waals surface area contributed by atoms with Gasteiger partial charge in [-0.25, -0.2) is 4.98 Å². The van der Waals surface area contributed by atoms with Crippen molar-refractivity contribution in [1.82, 2.24) is 14.1 Å². The molecule has 8 aromatic carbocycles. The monoisotopic (exact) mass is 793 g/mol. The van der Waals surface area contributed by atoms with Gasteiger partial charge in [0.1, 0.15) is 0 Å². The first-order chi connectivity index (χ1) is 30.7. The van der Waals surface area contributed by atoms with Crippen molar-refractivity contribution in [3.8, 4) is 33.6 Å². The van der Waals surface area contributed by atoms with Crippen molar-refractivity contribution in [2.24, 2.45) is 23.7 Å². The van der Waals surface area contributed by atoms with Crippen LogP contribution >= 0.6 is 0 Å². The number of rotatable bonds is 3. The first kappa shape index (κ1) is 33.7. The van der Waals surface area contributed by atoms with Crippen LogP contribution in [0, 0.1) is 23.7 Å². The fraction of sp³-hybridized carbons (Fsp3) is 0.169. The molecule has 3 aromatic heterocycles. The summed E-state index contributed by atoms with van der Waals surface area (Å²) in [5, 5.41) is 7.42. The van der Waals surface area contributed by atoms with Crippen molar-refractivity contribution in [3.63, 3.8) is 0 Å². The third-order valence-electron chi connectivity index (χ3n) is 16.2. The lowest BCUT2D eigenvalue weighted by molar-refractivity contribution is -0.0399. The molecule has 3 heterocycles. The van der Waals surface area contributed by atoms with E-state index in [1.165, 1.54) is 109 Å². The highest BCUT2D eigenvalue weighted by molar-refractivity contribution is 6.13. The molecule has 4 bridgehead atoms. The molecule has 5 aliphatic carbocycles.